The van der Waals surface area contributed by atoms with E-state index in [9.17, 15) is 14.4 Å². The Kier molecular flexibility index (Phi) is 19.5. The van der Waals surface area contributed by atoms with Gasteiger partial charge in [0.2, 0.25) is 6.29 Å². The Bertz CT molecular complexity index is 728. The van der Waals surface area contributed by atoms with Gasteiger partial charge in [0.25, 0.3) is 0 Å². The van der Waals surface area contributed by atoms with Crippen molar-refractivity contribution in [1.29, 1.82) is 0 Å². The van der Waals surface area contributed by atoms with Crippen LogP contribution in [0.2, 0.25) is 0 Å². The fourth-order valence-corrected chi connectivity index (χ4v) is 4.25. The lowest BCUT2D eigenvalue weighted by atomic mass is 10.1. The third-order valence-corrected chi connectivity index (χ3v) is 6.49. The molecule has 0 N–H and O–H groups in total. The summed E-state index contributed by atoms with van der Waals surface area (Å²) in [5.74, 6) is -0.319. The summed E-state index contributed by atoms with van der Waals surface area (Å²) in [6.07, 6.45) is 23.6. The highest BCUT2D eigenvalue weighted by atomic mass is 16.5. The average molecular weight is 502 g/mol. The third-order valence-electron chi connectivity index (χ3n) is 6.49. The molecular weight excluding hydrogens is 452 g/mol. The third kappa shape index (κ3) is 16.5. The van der Waals surface area contributed by atoms with Gasteiger partial charge >= 0.3 is 11.9 Å². The standard InChI is InChI=1S/C31H49O5/c1-3-5-7-9-11-13-15-17-19-21-30(33)35-28-24-23-27(26-32)29(25-28)36-31(34)22-20-18-16-14-12-10-8-6-4-2/h23-25H,3-22H2,1-2H3. The van der Waals surface area contributed by atoms with Crippen molar-refractivity contribution in [2.75, 3.05) is 0 Å². The zero-order valence-electron chi connectivity index (χ0n) is 22.9. The predicted octanol–water partition coefficient (Wildman–Crippen LogP) is 8.80. The Hall–Kier alpha value is -2.17. The Labute approximate surface area is 219 Å². The molecule has 0 spiro atoms. The van der Waals surface area contributed by atoms with E-state index in [0.717, 1.165) is 38.5 Å². The highest BCUT2D eigenvalue weighted by Crippen LogP contribution is 2.25. The van der Waals surface area contributed by atoms with E-state index >= 15 is 0 Å². The lowest BCUT2D eigenvalue weighted by Gasteiger charge is -2.09. The van der Waals surface area contributed by atoms with E-state index < -0.39 is 0 Å². The highest BCUT2D eigenvalue weighted by molar-refractivity contribution is 5.83. The second kappa shape index (κ2) is 22.1. The van der Waals surface area contributed by atoms with Gasteiger partial charge in [-0.1, -0.05) is 117 Å². The highest BCUT2D eigenvalue weighted by Gasteiger charge is 2.13. The van der Waals surface area contributed by atoms with Crippen LogP contribution in [-0.2, 0) is 14.4 Å². The van der Waals surface area contributed by atoms with E-state index in [-0.39, 0.29) is 29.0 Å². The molecule has 36 heavy (non-hydrogen) atoms. The van der Waals surface area contributed by atoms with Gasteiger partial charge in [-0.15, -0.1) is 0 Å². The summed E-state index contributed by atoms with van der Waals surface area (Å²) in [4.78, 5) is 35.7. The van der Waals surface area contributed by atoms with Crippen LogP contribution >= 0.6 is 0 Å². The number of ether oxygens (including phenoxy) is 2. The first kappa shape index (κ1) is 31.9. The smallest absolute Gasteiger partial charge is 0.311 e. The zero-order chi connectivity index (χ0) is 26.3. The van der Waals surface area contributed by atoms with E-state index in [1.54, 1.807) is 6.29 Å². The largest absolute Gasteiger partial charge is 0.426 e. The van der Waals surface area contributed by atoms with Gasteiger partial charge in [0.15, 0.2) is 0 Å². The van der Waals surface area contributed by atoms with Gasteiger partial charge in [0, 0.05) is 18.9 Å². The quantitative estimate of drug-likeness (QED) is 0.0851. The molecular formula is C31H49O5. The minimum Gasteiger partial charge on any atom is -0.426 e. The van der Waals surface area contributed by atoms with Crippen LogP contribution in [0.15, 0.2) is 18.2 Å². The predicted molar refractivity (Wildman–Crippen MR) is 146 cm³/mol. The number of hydrogen-bond acceptors (Lipinski definition) is 5. The fraction of sp³-hybridized carbons (Fsp3) is 0.710. The normalized spacial score (nSPS) is 10.8. The first-order valence-corrected chi connectivity index (χ1v) is 14.5. The maximum atomic E-state index is 12.3. The maximum Gasteiger partial charge on any atom is 0.311 e. The van der Waals surface area contributed by atoms with E-state index in [1.807, 2.05) is 0 Å². The van der Waals surface area contributed by atoms with E-state index in [2.05, 4.69) is 13.8 Å². The summed E-state index contributed by atoms with van der Waals surface area (Å²) in [5, 5.41) is 0. The van der Waals surface area contributed by atoms with Crippen LogP contribution in [0.3, 0.4) is 0 Å². The molecule has 5 nitrogen and oxygen atoms in total. The molecule has 0 unspecified atom stereocenters. The Morgan fingerprint density at radius 2 is 1.03 bits per heavy atom. The first-order valence-electron chi connectivity index (χ1n) is 14.5. The molecule has 0 amide bonds. The number of rotatable bonds is 23. The summed E-state index contributed by atoms with van der Waals surface area (Å²) in [6, 6.07) is 4.43. The molecule has 0 saturated heterocycles. The minimum atomic E-state index is -0.382. The Morgan fingerprint density at radius 1 is 0.611 bits per heavy atom. The minimum absolute atomic E-state index is 0.0966. The van der Waals surface area contributed by atoms with Gasteiger partial charge < -0.3 is 9.47 Å². The molecule has 5 heteroatoms. The molecule has 0 aliphatic carbocycles. The molecule has 1 aromatic carbocycles. The summed E-state index contributed by atoms with van der Waals surface area (Å²) in [7, 11) is 0. The Balaban J connectivity index is 2.28. The van der Waals surface area contributed by atoms with Gasteiger partial charge in [-0.2, -0.15) is 0 Å². The number of esters is 2. The van der Waals surface area contributed by atoms with Crippen LogP contribution in [0.25, 0.3) is 0 Å². The number of carbonyl (C=O) groups is 2. The lowest BCUT2D eigenvalue weighted by Crippen LogP contribution is -2.11. The van der Waals surface area contributed by atoms with Crippen LogP contribution in [0.1, 0.15) is 148 Å². The molecule has 1 aromatic rings. The molecule has 203 valence electrons. The molecule has 0 heterocycles. The number of benzene rings is 1. The van der Waals surface area contributed by atoms with Crippen LogP contribution in [-0.4, -0.2) is 18.2 Å². The average Bonchev–Trinajstić information content (AvgIpc) is 2.87. The molecule has 0 aromatic heterocycles. The van der Waals surface area contributed by atoms with Crippen LogP contribution in [0.5, 0.6) is 11.5 Å². The molecule has 0 saturated carbocycles. The summed E-state index contributed by atoms with van der Waals surface area (Å²) in [6.45, 7) is 4.44. The van der Waals surface area contributed by atoms with Crippen molar-refractivity contribution in [3.63, 3.8) is 0 Å². The van der Waals surface area contributed by atoms with Crippen LogP contribution < -0.4 is 9.47 Å². The molecule has 0 aliphatic heterocycles. The topological polar surface area (TPSA) is 69.7 Å². The molecule has 0 bridgehead atoms. The van der Waals surface area contributed by atoms with Crippen molar-refractivity contribution in [2.24, 2.45) is 0 Å². The van der Waals surface area contributed by atoms with E-state index in [1.165, 1.54) is 95.2 Å². The van der Waals surface area contributed by atoms with Gasteiger partial charge in [-0.25, -0.2) is 0 Å². The van der Waals surface area contributed by atoms with Crippen molar-refractivity contribution in [1.82, 2.24) is 0 Å². The number of carbonyl (C=O) groups excluding carboxylic acids is 3. The van der Waals surface area contributed by atoms with Crippen LogP contribution in [0.4, 0.5) is 0 Å². The fourth-order valence-electron chi connectivity index (χ4n) is 4.25. The first-order chi connectivity index (χ1) is 17.6. The monoisotopic (exact) mass is 501 g/mol. The van der Waals surface area contributed by atoms with E-state index in [4.69, 9.17) is 9.47 Å². The second-order valence-electron chi connectivity index (χ2n) is 9.87. The summed E-state index contributed by atoms with van der Waals surface area (Å²) < 4.78 is 10.8. The zero-order valence-corrected chi connectivity index (χ0v) is 22.9. The maximum absolute atomic E-state index is 12.3. The van der Waals surface area contributed by atoms with Crippen molar-refractivity contribution in [3.8, 4) is 11.5 Å². The van der Waals surface area contributed by atoms with Crippen molar-refractivity contribution in [3.05, 3.63) is 23.8 Å². The molecule has 1 radical (unpaired) electrons. The molecule has 0 fully saturated rings. The molecule has 1 rings (SSSR count). The van der Waals surface area contributed by atoms with Gasteiger partial charge in [-0.05, 0) is 25.0 Å². The van der Waals surface area contributed by atoms with Gasteiger partial charge in [0.1, 0.15) is 11.5 Å². The van der Waals surface area contributed by atoms with E-state index in [0.29, 0.717) is 12.8 Å². The SMILES string of the molecule is CCCCCCCCCCCC(=O)Oc1ccc([C]=O)c(OC(=O)CCCCCCCCCCC)c1. The Morgan fingerprint density at radius 3 is 1.47 bits per heavy atom. The summed E-state index contributed by atoms with van der Waals surface area (Å²) >= 11 is 0. The number of hydrogen-bond donors (Lipinski definition) is 0. The van der Waals surface area contributed by atoms with Gasteiger partial charge in [0.05, 0.1) is 5.56 Å². The molecule has 0 atom stereocenters. The van der Waals surface area contributed by atoms with Crippen molar-refractivity contribution < 1.29 is 23.9 Å². The second-order valence-corrected chi connectivity index (χ2v) is 9.87. The number of unbranched alkanes of at least 4 members (excludes halogenated alkanes) is 16. The lowest BCUT2D eigenvalue weighted by molar-refractivity contribution is -0.135. The molecule has 0 aliphatic rings. The summed E-state index contributed by atoms with van der Waals surface area (Å²) in [5.41, 5.74) is 0.147. The van der Waals surface area contributed by atoms with Crippen molar-refractivity contribution in [2.45, 2.75) is 142 Å². The van der Waals surface area contributed by atoms with Crippen molar-refractivity contribution >= 4 is 18.2 Å². The van der Waals surface area contributed by atoms with Gasteiger partial charge in [-0.3, -0.25) is 14.4 Å². The van der Waals surface area contributed by atoms with Crippen LogP contribution in [0, 0.1) is 0 Å².